The third-order valence-corrected chi connectivity index (χ3v) is 8.22. The van der Waals surface area contributed by atoms with Crippen LogP contribution in [0.2, 0.25) is 0 Å². The van der Waals surface area contributed by atoms with Crippen LogP contribution in [0.3, 0.4) is 0 Å². The van der Waals surface area contributed by atoms with Gasteiger partial charge in [-0.3, -0.25) is 4.79 Å². The van der Waals surface area contributed by atoms with Crippen LogP contribution in [-0.4, -0.2) is 34.6 Å². The molecule has 1 aliphatic rings. The van der Waals surface area contributed by atoms with Crippen molar-refractivity contribution in [1.82, 2.24) is 4.98 Å². The van der Waals surface area contributed by atoms with Gasteiger partial charge in [0.1, 0.15) is 5.75 Å². The number of aliphatic carboxylic acids is 1. The molecule has 5 rings (SSSR count). The summed E-state index contributed by atoms with van der Waals surface area (Å²) in [4.78, 5) is 30.6. The lowest BCUT2D eigenvalue weighted by atomic mass is 9.84. The number of thiazole rings is 1. The molecule has 1 saturated carbocycles. The summed E-state index contributed by atoms with van der Waals surface area (Å²) in [5.74, 6) is -0.0000248. The second-order valence-electron chi connectivity index (χ2n) is 10.6. The maximum absolute atomic E-state index is 12.9. The molecule has 0 bridgehead atoms. The van der Waals surface area contributed by atoms with Crippen LogP contribution in [0.15, 0.2) is 78.2 Å². The molecule has 0 unspecified atom stereocenters. The molecule has 7 nitrogen and oxygen atoms in total. The van der Waals surface area contributed by atoms with Crippen LogP contribution in [0, 0.1) is 0 Å². The zero-order chi connectivity index (χ0) is 28.8. The van der Waals surface area contributed by atoms with E-state index in [4.69, 9.17) is 14.8 Å². The number of aromatic nitrogens is 1. The standard InChI is InChI=1S/C33H35N3O4S/c1-22(2)36(28-16-18-29(19-17-28)40-20-31(37)38)33-35-30(21-41-33)25-12-14-27(15-13-25)34-32(39)26-10-8-24(9-11-26)23-6-4-3-5-7-23/h8-19,21-23H,3-7,20H2,1-2H3,(H,34,39)(H,37,38). The van der Waals surface area contributed by atoms with Crippen LogP contribution in [0.25, 0.3) is 11.3 Å². The summed E-state index contributed by atoms with van der Waals surface area (Å²) in [6.45, 7) is 3.81. The summed E-state index contributed by atoms with van der Waals surface area (Å²) >= 11 is 1.55. The van der Waals surface area contributed by atoms with Gasteiger partial charge in [0.15, 0.2) is 11.7 Å². The number of rotatable bonds is 10. The fourth-order valence-corrected chi connectivity index (χ4v) is 6.24. The van der Waals surface area contributed by atoms with Crippen molar-refractivity contribution in [3.8, 4) is 17.0 Å². The minimum Gasteiger partial charge on any atom is -0.482 e. The van der Waals surface area contributed by atoms with Crippen molar-refractivity contribution in [2.45, 2.75) is 57.9 Å². The van der Waals surface area contributed by atoms with Gasteiger partial charge < -0.3 is 20.1 Å². The number of carboxylic acid groups (broad SMARTS) is 1. The highest BCUT2D eigenvalue weighted by Gasteiger charge is 2.19. The van der Waals surface area contributed by atoms with Gasteiger partial charge in [-0.1, -0.05) is 43.5 Å². The Morgan fingerprint density at radius 3 is 2.29 bits per heavy atom. The SMILES string of the molecule is CC(C)N(c1ccc(OCC(=O)O)cc1)c1nc(-c2ccc(NC(=O)c3ccc(C4CCCCC4)cc3)cc2)cs1. The van der Waals surface area contributed by atoms with Gasteiger partial charge in [-0.05, 0) is 86.7 Å². The quantitative estimate of drug-likeness (QED) is 0.200. The monoisotopic (exact) mass is 569 g/mol. The van der Waals surface area contributed by atoms with E-state index in [9.17, 15) is 9.59 Å². The van der Waals surface area contributed by atoms with Gasteiger partial charge in [0, 0.05) is 33.9 Å². The lowest BCUT2D eigenvalue weighted by molar-refractivity contribution is -0.139. The molecule has 0 atom stereocenters. The van der Waals surface area contributed by atoms with Crippen LogP contribution in [0.5, 0.6) is 5.75 Å². The zero-order valence-corrected chi connectivity index (χ0v) is 24.2. The molecular weight excluding hydrogens is 534 g/mol. The Labute approximate surface area is 244 Å². The Balaban J connectivity index is 1.23. The minimum absolute atomic E-state index is 0.115. The Hall–Kier alpha value is -4.17. The maximum atomic E-state index is 12.9. The molecule has 0 radical (unpaired) electrons. The highest BCUT2D eigenvalue weighted by Crippen LogP contribution is 2.35. The van der Waals surface area contributed by atoms with E-state index in [1.807, 2.05) is 53.9 Å². The van der Waals surface area contributed by atoms with Crippen molar-refractivity contribution in [2.24, 2.45) is 0 Å². The van der Waals surface area contributed by atoms with E-state index in [1.165, 1.54) is 37.7 Å². The van der Waals surface area contributed by atoms with Crippen molar-refractivity contribution >= 4 is 39.7 Å². The van der Waals surface area contributed by atoms with Crippen molar-refractivity contribution in [1.29, 1.82) is 0 Å². The number of carbonyl (C=O) groups is 2. The summed E-state index contributed by atoms with van der Waals surface area (Å²) in [5, 5.41) is 14.7. The predicted molar refractivity (Wildman–Crippen MR) is 165 cm³/mol. The number of nitrogens with one attached hydrogen (secondary N) is 1. The minimum atomic E-state index is -1.01. The van der Waals surface area contributed by atoms with Crippen LogP contribution in [0.1, 0.15) is 67.8 Å². The largest absolute Gasteiger partial charge is 0.482 e. The van der Waals surface area contributed by atoms with Gasteiger partial charge in [0.05, 0.1) is 5.69 Å². The maximum Gasteiger partial charge on any atom is 0.341 e. The molecule has 8 heteroatoms. The molecule has 1 fully saturated rings. The number of ether oxygens (including phenoxy) is 1. The number of amides is 1. The van der Waals surface area contributed by atoms with Gasteiger partial charge in [-0.15, -0.1) is 11.3 Å². The van der Waals surface area contributed by atoms with Crippen molar-refractivity contribution in [3.63, 3.8) is 0 Å². The number of carboxylic acids is 1. The van der Waals surface area contributed by atoms with Gasteiger partial charge in [-0.25, -0.2) is 9.78 Å². The molecule has 212 valence electrons. The number of nitrogens with zero attached hydrogens (tertiary/aromatic N) is 2. The molecule has 1 amide bonds. The lowest BCUT2D eigenvalue weighted by Crippen LogP contribution is -2.25. The zero-order valence-electron chi connectivity index (χ0n) is 23.4. The Bertz CT molecular complexity index is 1460. The molecule has 2 N–H and O–H groups in total. The van der Waals surface area contributed by atoms with E-state index < -0.39 is 5.97 Å². The van der Waals surface area contributed by atoms with E-state index in [1.54, 1.807) is 23.5 Å². The summed E-state index contributed by atoms with van der Waals surface area (Å²) in [5.41, 5.74) is 5.49. The molecular formula is C33H35N3O4S. The fraction of sp³-hybridized carbons (Fsp3) is 0.303. The van der Waals surface area contributed by atoms with Crippen LogP contribution in [-0.2, 0) is 4.79 Å². The van der Waals surface area contributed by atoms with Gasteiger partial charge in [0.25, 0.3) is 5.91 Å². The average molecular weight is 570 g/mol. The van der Waals surface area contributed by atoms with Gasteiger partial charge in [0.2, 0.25) is 0 Å². The fourth-order valence-electron chi connectivity index (χ4n) is 5.26. The average Bonchev–Trinajstić information content (AvgIpc) is 3.47. The van der Waals surface area contributed by atoms with E-state index in [2.05, 4.69) is 36.2 Å². The van der Waals surface area contributed by atoms with Crippen molar-refractivity contribution in [3.05, 3.63) is 89.3 Å². The van der Waals surface area contributed by atoms with Crippen LogP contribution < -0.4 is 15.0 Å². The lowest BCUT2D eigenvalue weighted by Gasteiger charge is -2.26. The molecule has 0 aliphatic heterocycles. The highest BCUT2D eigenvalue weighted by molar-refractivity contribution is 7.14. The summed E-state index contributed by atoms with van der Waals surface area (Å²) < 4.78 is 5.26. The molecule has 0 saturated heterocycles. The third kappa shape index (κ3) is 7.13. The van der Waals surface area contributed by atoms with Gasteiger partial charge in [-0.2, -0.15) is 0 Å². The van der Waals surface area contributed by atoms with Gasteiger partial charge >= 0.3 is 5.97 Å². The first kappa shape index (κ1) is 28.4. The topological polar surface area (TPSA) is 91.8 Å². The molecule has 41 heavy (non-hydrogen) atoms. The Morgan fingerprint density at radius 2 is 1.66 bits per heavy atom. The van der Waals surface area contributed by atoms with E-state index in [0.29, 0.717) is 17.2 Å². The van der Waals surface area contributed by atoms with Crippen molar-refractivity contribution in [2.75, 3.05) is 16.8 Å². The normalized spacial score (nSPS) is 13.6. The third-order valence-electron chi connectivity index (χ3n) is 7.38. The smallest absolute Gasteiger partial charge is 0.341 e. The van der Waals surface area contributed by atoms with E-state index in [0.717, 1.165) is 27.8 Å². The van der Waals surface area contributed by atoms with Crippen molar-refractivity contribution < 1.29 is 19.4 Å². The molecule has 0 spiro atoms. The second kappa shape index (κ2) is 13.0. The molecule has 1 heterocycles. The summed E-state index contributed by atoms with van der Waals surface area (Å²) in [7, 11) is 0. The van der Waals surface area contributed by atoms with E-state index in [-0.39, 0.29) is 18.6 Å². The number of benzene rings is 3. The Kier molecular flexibility index (Phi) is 8.99. The molecule has 1 aromatic heterocycles. The first-order valence-corrected chi connectivity index (χ1v) is 15.0. The molecule has 1 aliphatic carbocycles. The first-order chi connectivity index (χ1) is 19.9. The van der Waals surface area contributed by atoms with E-state index >= 15 is 0 Å². The summed E-state index contributed by atoms with van der Waals surface area (Å²) in [6.07, 6.45) is 6.41. The predicted octanol–water partition coefficient (Wildman–Crippen LogP) is 8.12. The number of anilines is 3. The highest BCUT2D eigenvalue weighted by atomic mass is 32.1. The Morgan fingerprint density at radius 1 is 0.976 bits per heavy atom. The first-order valence-electron chi connectivity index (χ1n) is 14.1. The molecule has 4 aromatic rings. The second-order valence-corrected chi connectivity index (χ2v) is 11.5. The van der Waals surface area contributed by atoms with Crippen LogP contribution >= 0.6 is 11.3 Å². The summed E-state index contributed by atoms with van der Waals surface area (Å²) in [6, 6.07) is 23.3. The molecule has 3 aromatic carbocycles. The van der Waals surface area contributed by atoms with Crippen LogP contribution in [0.4, 0.5) is 16.5 Å². The number of hydrogen-bond donors (Lipinski definition) is 2. The number of carbonyl (C=O) groups excluding carboxylic acids is 1. The number of hydrogen-bond acceptors (Lipinski definition) is 6.